The van der Waals surface area contributed by atoms with Crippen LogP contribution < -0.4 is 0 Å². The normalized spacial score (nSPS) is 19.5. The Labute approximate surface area is 90.2 Å². The summed E-state index contributed by atoms with van der Waals surface area (Å²) in [6, 6.07) is 10.7. The molecule has 2 heteroatoms. The molecule has 1 unspecified atom stereocenters. The molecule has 0 aliphatic carbocycles. The number of carbonyl (C=O) groups excluding carboxylic acids is 1. The predicted molar refractivity (Wildman–Crippen MR) is 60.5 cm³/mol. The van der Waals surface area contributed by atoms with Crippen molar-refractivity contribution in [2.45, 2.75) is 18.9 Å². The van der Waals surface area contributed by atoms with Gasteiger partial charge >= 0.3 is 0 Å². The Bertz CT molecular complexity index is 358. The summed E-state index contributed by atoms with van der Waals surface area (Å²) in [7, 11) is 0. The third-order valence-electron chi connectivity index (χ3n) is 2.92. The highest BCUT2D eigenvalue weighted by molar-refractivity contribution is 5.87. The number of benzene rings is 1. The smallest absolute Gasteiger partial charge is 0.246 e. The first-order valence-electron chi connectivity index (χ1n) is 5.28. The van der Waals surface area contributed by atoms with E-state index in [1.807, 2.05) is 23.1 Å². The molecule has 2 rings (SSSR count). The van der Waals surface area contributed by atoms with Gasteiger partial charge in [0.05, 0.1) is 0 Å². The van der Waals surface area contributed by atoms with Gasteiger partial charge in [0, 0.05) is 12.6 Å². The van der Waals surface area contributed by atoms with Gasteiger partial charge in [0.25, 0.3) is 0 Å². The Hall–Kier alpha value is -1.57. The molecule has 0 aromatic heterocycles. The van der Waals surface area contributed by atoms with E-state index >= 15 is 0 Å². The number of likely N-dealkylation sites (tertiary alicyclic amines) is 1. The van der Waals surface area contributed by atoms with Gasteiger partial charge < -0.3 is 4.90 Å². The topological polar surface area (TPSA) is 20.3 Å². The lowest BCUT2D eigenvalue weighted by atomic mass is 9.95. The highest BCUT2D eigenvalue weighted by Crippen LogP contribution is 2.21. The fourth-order valence-corrected chi connectivity index (χ4v) is 1.95. The molecular formula is C13H15NO. The van der Waals surface area contributed by atoms with E-state index < -0.39 is 0 Å². The lowest BCUT2D eigenvalue weighted by Crippen LogP contribution is -2.51. The zero-order chi connectivity index (χ0) is 10.7. The van der Waals surface area contributed by atoms with Crippen LogP contribution >= 0.6 is 0 Å². The molecule has 1 atom stereocenters. The third kappa shape index (κ3) is 2.09. The molecule has 1 aromatic rings. The Balaban J connectivity index is 1.96. The predicted octanol–water partition coefficient (Wildman–Crippen LogP) is 2.02. The number of nitrogens with zero attached hydrogens (tertiary/aromatic N) is 1. The number of amides is 1. The van der Waals surface area contributed by atoms with Crippen LogP contribution in [0.2, 0.25) is 0 Å². The largest absolute Gasteiger partial charge is 0.336 e. The molecule has 1 aromatic carbocycles. The fourth-order valence-electron chi connectivity index (χ4n) is 1.95. The molecule has 0 saturated carbocycles. The van der Waals surface area contributed by atoms with E-state index in [1.54, 1.807) is 0 Å². The summed E-state index contributed by atoms with van der Waals surface area (Å²) < 4.78 is 0. The second kappa shape index (κ2) is 4.30. The number of hydrogen-bond acceptors (Lipinski definition) is 1. The van der Waals surface area contributed by atoms with Gasteiger partial charge in [-0.15, -0.1) is 0 Å². The van der Waals surface area contributed by atoms with Crippen molar-refractivity contribution in [3.63, 3.8) is 0 Å². The van der Waals surface area contributed by atoms with Gasteiger partial charge in [-0.3, -0.25) is 4.79 Å². The van der Waals surface area contributed by atoms with E-state index in [1.165, 1.54) is 11.6 Å². The first kappa shape index (κ1) is 9.97. The van der Waals surface area contributed by atoms with E-state index in [0.29, 0.717) is 6.04 Å². The molecule has 1 amide bonds. The lowest BCUT2D eigenvalue weighted by molar-refractivity contribution is -0.133. The highest BCUT2D eigenvalue weighted by Gasteiger charge is 2.30. The molecule has 78 valence electrons. The minimum absolute atomic E-state index is 0.0576. The van der Waals surface area contributed by atoms with Crippen molar-refractivity contribution in [1.82, 2.24) is 4.90 Å². The summed E-state index contributed by atoms with van der Waals surface area (Å²) in [5.41, 5.74) is 1.30. The molecular weight excluding hydrogens is 186 g/mol. The van der Waals surface area contributed by atoms with Crippen molar-refractivity contribution in [2.75, 3.05) is 6.54 Å². The van der Waals surface area contributed by atoms with Gasteiger partial charge in [0.1, 0.15) is 0 Å². The van der Waals surface area contributed by atoms with Gasteiger partial charge in [-0.05, 0) is 24.5 Å². The Morgan fingerprint density at radius 2 is 2.20 bits per heavy atom. The molecule has 0 N–H and O–H groups in total. The van der Waals surface area contributed by atoms with E-state index in [2.05, 4.69) is 18.7 Å². The maximum absolute atomic E-state index is 11.4. The Morgan fingerprint density at radius 3 is 2.73 bits per heavy atom. The Morgan fingerprint density at radius 1 is 1.47 bits per heavy atom. The molecule has 1 fully saturated rings. The number of hydrogen-bond donors (Lipinski definition) is 0. The van der Waals surface area contributed by atoms with Crippen LogP contribution in [0.25, 0.3) is 0 Å². The van der Waals surface area contributed by atoms with Crippen LogP contribution in [0.3, 0.4) is 0 Å². The molecule has 0 radical (unpaired) electrons. The van der Waals surface area contributed by atoms with Gasteiger partial charge in [-0.2, -0.15) is 0 Å². The number of rotatable bonds is 3. The van der Waals surface area contributed by atoms with Crippen molar-refractivity contribution in [1.29, 1.82) is 0 Å². The van der Waals surface area contributed by atoms with Crippen LogP contribution in [-0.4, -0.2) is 23.4 Å². The van der Waals surface area contributed by atoms with Crippen molar-refractivity contribution in [3.05, 3.63) is 48.6 Å². The van der Waals surface area contributed by atoms with E-state index in [4.69, 9.17) is 0 Å². The summed E-state index contributed by atoms with van der Waals surface area (Å²) in [6.45, 7) is 4.39. The third-order valence-corrected chi connectivity index (χ3v) is 2.92. The summed E-state index contributed by atoms with van der Waals surface area (Å²) in [5.74, 6) is 0.0576. The molecule has 1 saturated heterocycles. The standard InChI is InChI=1S/C13H15NO/c1-2-13(15)14-9-8-12(14)10-11-6-4-3-5-7-11/h2-7,12H,1,8-10H2. The van der Waals surface area contributed by atoms with Crippen molar-refractivity contribution in [3.8, 4) is 0 Å². The van der Waals surface area contributed by atoms with Crippen LogP contribution in [0.4, 0.5) is 0 Å². The SMILES string of the molecule is C=CC(=O)N1CCC1Cc1ccccc1. The van der Waals surface area contributed by atoms with Gasteiger partial charge in [0.2, 0.25) is 5.91 Å². The molecule has 1 aliphatic heterocycles. The second-order valence-corrected chi connectivity index (χ2v) is 3.87. The van der Waals surface area contributed by atoms with Gasteiger partial charge in [-0.1, -0.05) is 36.9 Å². The van der Waals surface area contributed by atoms with Crippen LogP contribution in [0.1, 0.15) is 12.0 Å². The molecule has 15 heavy (non-hydrogen) atoms. The molecule has 0 spiro atoms. The van der Waals surface area contributed by atoms with Crippen LogP contribution in [-0.2, 0) is 11.2 Å². The van der Waals surface area contributed by atoms with Gasteiger partial charge in [0.15, 0.2) is 0 Å². The van der Waals surface area contributed by atoms with E-state index in [-0.39, 0.29) is 5.91 Å². The van der Waals surface area contributed by atoms with Crippen LogP contribution in [0.5, 0.6) is 0 Å². The monoisotopic (exact) mass is 201 g/mol. The summed E-state index contributed by atoms with van der Waals surface area (Å²) in [4.78, 5) is 13.3. The zero-order valence-electron chi connectivity index (χ0n) is 8.73. The average Bonchev–Trinajstić information content (AvgIpc) is 2.25. The molecule has 0 bridgehead atoms. The van der Waals surface area contributed by atoms with Gasteiger partial charge in [-0.25, -0.2) is 0 Å². The van der Waals surface area contributed by atoms with Crippen LogP contribution in [0.15, 0.2) is 43.0 Å². The van der Waals surface area contributed by atoms with Crippen molar-refractivity contribution >= 4 is 5.91 Å². The molecule has 1 aliphatic rings. The molecule has 2 nitrogen and oxygen atoms in total. The zero-order valence-corrected chi connectivity index (χ0v) is 8.73. The number of carbonyl (C=O) groups is 1. The Kier molecular flexibility index (Phi) is 2.86. The minimum atomic E-state index is 0.0576. The highest BCUT2D eigenvalue weighted by atomic mass is 16.2. The van der Waals surface area contributed by atoms with Crippen LogP contribution in [0, 0.1) is 0 Å². The maximum atomic E-state index is 11.4. The summed E-state index contributed by atoms with van der Waals surface area (Å²) in [5, 5.41) is 0. The minimum Gasteiger partial charge on any atom is -0.336 e. The summed E-state index contributed by atoms with van der Waals surface area (Å²) in [6.07, 6.45) is 3.46. The van der Waals surface area contributed by atoms with Crippen molar-refractivity contribution < 1.29 is 4.79 Å². The first-order valence-corrected chi connectivity index (χ1v) is 5.28. The quantitative estimate of drug-likeness (QED) is 0.685. The second-order valence-electron chi connectivity index (χ2n) is 3.87. The average molecular weight is 201 g/mol. The fraction of sp³-hybridized carbons (Fsp3) is 0.308. The molecule has 1 heterocycles. The van der Waals surface area contributed by atoms with E-state index in [9.17, 15) is 4.79 Å². The maximum Gasteiger partial charge on any atom is 0.246 e. The van der Waals surface area contributed by atoms with E-state index in [0.717, 1.165) is 19.4 Å². The van der Waals surface area contributed by atoms with Crippen molar-refractivity contribution in [2.24, 2.45) is 0 Å². The summed E-state index contributed by atoms with van der Waals surface area (Å²) >= 11 is 0. The first-order chi connectivity index (χ1) is 7.31. The lowest BCUT2D eigenvalue weighted by Gasteiger charge is -2.40.